The molecule has 0 atom stereocenters. The summed E-state index contributed by atoms with van der Waals surface area (Å²) in [6.45, 7) is 3.31. The van der Waals surface area contributed by atoms with Crippen LogP contribution in [0.25, 0.3) is 0 Å². The summed E-state index contributed by atoms with van der Waals surface area (Å²) < 4.78 is 23.2. The molecule has 0 spiro atoms. The van der Waals surface area contributed by atoms with Crippen LogP contribution in [-0.2, 0) is 16.8 Å². The number of nitrogens with zero attached hydrogens (tertiary/aromatic N) is 1. The molecule has 1 aromatic carbocycles. The van der Waals surface area contributed by atoms with Gasteiger partial charge in [-0.25, -0.2) is 9.18 Å². The molecule has 2 N–H and O–H groups in total. The summed E-state index contributed by atoms with van der Waals surface area (Å²) in [4.78, 5) is 23.0. The number of carbonyl (C=O) groups excluding carboxylic acids is 1. The SMILES string of the molecule is COc1ccc(CC(=O)NC(C)(C)c2cc(C(=O)O)on2)cc1F. The molecule has 0 unspecified atom stereocenters. The number of aromatic nitrogens is 1. The zero-order valence-corrected chi connectivity index (χ0v) is 13.4. The highest BCUT2D eigenvalue weighted by Gasteiger charge is 2.28. The Hall–Kier alpha value is -2.90. The molecule has 0 aliphatic carbocycles. The largest absolute Gasteiger partial charge is 0.494 e. The van der Waals surface area contributed by atoms with E-state index in [1.165, 1.54) is 25.3 Å². The van der Waals surface area contributed by atoms with Crippen molar-refractivity contribution in [3.63, 3.8) is 0 Å². The number of hydrogen-bond donors (Lipinski definition) is 2. The zero-order valence-electron chi connectivity index (χ0n) is 13.4. The molecule has 1 heterocycles. The molecule has 24 heavy (non-hydrogen) atoms. The Balaban J connectivity index is 2.07. The minimum Gasteiger partial charge on any atom is -0.494 e. The number of carbonyl (C=O) groups is 2. The standard InChI is InChI=1S/C16H17FN2O5/c1-16(2,13-8-12(15(21)22)24-19-13)18-14(20)7-9-4-5-11(23-3)10(17)6-9/h4-6,8H,7H2,1-3H3,(H,18,20)(H,21,22). The van der Waals surface area contributed by atoms with Crippen LogP contribution in [-0.4, -0.2) is 29.2 Å². The highest BCUT2D eigenvalue weighted by Crippen LogP contribution is 2.21. The Morgan fingerprint density at radius 3 is 2.62 bits per heavy atom. The van der Waals surface area contributed by atoms with Gasteiger partial charge >= 0.3 is 5.97 Å². The number of carboxylic acid groups (broad SMARTS) is 1. The first-order valence-corrected chi connectivity index (χ1v) is 7.07. The molecular weight excluding hydrogens is 319 g/mol. The topological polar surface area (TPSA) is 102 Å². The summed E-state index contributed by atoms with van der Waals surface area (Å²) in [5, 5.41) is 15.2. The summed E-state index contributed by atoms with van der Waals surface area (Å²) in [7, 11) is 1.36. The van der Waals surface area contributed by atoms with Gasteiger partial charge in [0.05, 0.1) is 19.1 Å². The molecular formula is C16H17FN2O5. The van der Waals surface area contributed by atoms with E-state index in [9.17, 15) is 14.0 Å². The molecule has 0 aliphatic rings. The van der Waals surface area contributed by atoms with Crippen molar-refractivity contribution < 1.29 is 28.3 Å². The summed E-state index contributed by atoms with van der Waals surface area (Å²) in [5.74, 6) is -2.38. The molecule has 1 aromatic heterocycles. The van der Waals surface area contributed by atoms with Crippen LogP contribution in [0.15, 0.2) is 28.8 Å². The molecule has 1 amide bonds. The number of aromatic carboxylic acids is 1. The highest BCUT2D eigenvalue weighted by molar-refractivity contribution is 5.84. The van der Waals surface area contributed by atoms with Gasteiger partial charge in [-0.3, -0.25) is 4.79 Å². The highest BCUT2D eigenvalue weighted by atomic mass is 19.1. The maximum Gasteiger partial charge on any atom is 0.374 e. The number of methoxy groups -OCH3 is 1. The average molecular weight is 336 g/mol. The second-order valence-corrected chi connectivity index (χ2v) is 5.70. The molecule has 128 valence electrons. The first kappa shape index (κ1) is 17.5. The monoisotopic (exact) mass is 336 g/mol. The van der Waals surface area contributed by atoms with Crippen LogP contribution < -0.4 is 10.1 Å². The predicted octanol–water partition coefficient (Wildman–Crippen LogP) is 2.11. The van der Waals surface area contributed by atoms with E-state index in [1.54, 1.807) is 19.9 Å². The quantitative estimate of drug-likeness (QED) is 0.838. The third-order valence-electron chi connectivity index (χ3n) is 3.39. The lowest BCUT2D eigenvalue weighted by molar-refractivity contribution is -0.122. The lowest BCUT2D eigenvalue weighted by Gasteiger charge is -2.23. The normalized spacial score (nSPS) is 11.2. The van der Waals surface area contributed by atoms with Crippen LogP contribution in [0.2, 0.25) is 0 Å². The minimum atomic E-state index is -1.25. The molecule has 0 radical (unpaired) electrons. The van der Waals surface area contributed by atoms with Gasteiger partial charge < -0.3 is 19.7 Å². The summed E-state index contributed by atoms with van der Waals surface area (Å²) in [6.07, 6.45) is -0.0476. The molecule has 2 rings (SSSR count). The van der Waals surface area contributed by atoms with E-state index in [0.29, 0.717) is 5.56 Å². The van der Waals surface area contributed by atoms with Crippen LogP contribution in [0.3, 0.4) is 0 Å². The van der Waals surface area contributed by atoms with Crippen LogP contribution in [0.1, 0.15) is 35.7 Å². The lowest BCUT2D eigenvalue weighted by atomic mass is 9.99. The van der Waals surface area contributed by atoms with Crippen LogP contribution >= 0.6 is 0 Å². The second-order valence-electron chi connectivity index (χ2n) is 5.70. The fraction of sp³-hybridized carbons (Fsp3) is 0.312. The summed E-state index contributed by atoms with van der Waals surface area (Å²) in [5.41, 5.74) is -0.193. The van der Waals surface area contributed by atoms with Gasteiger partial charge in [0.1, 0.15) is 5.69 Å². The molecule has 0 saturated carbocycles. The molecule has 7 nitrogen and oxygen atoms in total. The third-order valence-corrected chi connectivity index (χ3v) is 3.39. The van der Waals surface area contributed by atoms with Crippen molar-refractivity contribution in [2.45, 2.75) is 25.8 Å². The second kappa shape index (κ2) is 6.69. The van der Waals surface area contributed by atoms with Gasteiger partial charge in [-0.1, -0.05) is 11.2 Å². The van der Waals surface area contributed by atoms with Gasteiger partial charge in [0.15, 0.2) is 11.6 Å². The third kappa shape index (κ3) is 3.89. The van der Waals surface area contributed by atoms with E-state index >= 15 is 0 Å². The number of halogens is 1. The smallest absolute Gasteiger partial charge is 0.374 e. The van der Waals surface area contributed by atoms with E-state index in [2.05, 4.69) is 15.0 Å². The zero-order chi connectivity index (χ0) is 17.9. The van der Waals surface area contributed by atoms with Gasteiger partial charge in [-0.2, -0.15) is 0 Å². The predicted molar refractivity (Wildman–Crippen MR) is 81.3 cm³/mol. The fourth-order valence-corrected chi connectivity index (χ4v) is 2.13. The van der Waals surface area contributed by atoms with Crippen molar-refractivity contribution in [2.75, 3.05) is 7.11 Å². The maximum atomic E-state index is 13.6. The molecule has 0 saturated heterocycles. The van der Waals surface area contributed by atoms with Crippen LogP contribution in [0.5, 0.6) is 5.75 Å². The van der Waals surface area contributed by atoms with Crippen molar-refractivity contribution in [3.05, 3.63) is 47.1 Å². The minimum absolute atomic E-state index is 0.0476. The summed E-state index contributed by atoms with van der Waals surface area (Å²) >= 11 is 0. The number of rotatable bonds is 6. The van der Waals surface area contributed by atoms with Gasteiger partial charge in [-0.05, 0) is 31.5 Å². The van der Waals surface area contributed by atoms with Gasteiger partial charge in [-0.15, -0.1) is 0 Å². The van der Waals surface area contributed by atoms with Crippen molar-refractivity contribution in [1.82, 2.24) is 10.5 Å². The van der Waals surface area contributed by atoms with Gasteiger partial charge in [0, 0.05) is 6.07 Å². The van der Waals surface area contributed by atoms with Crippen LogP contribution in [0, 0.1) is 5.82 Å². The fourth-order valence-electron chi connectivity index (χ4n) is 2.13. The number of amides is 1. The lowest BCUT2D eigenvalue weighted by Crippen LogP contribution is -2.42. The number of carboxylic acids is 1. The van der Waals surface area contributed by atoms with Crippen molar-refractivity contribution >= 4 is 11.9 Å². The Kier molecular flexibility index (Phi) is 4.87. The number of hydrogen-bond acceptors (Lipinski definition) is 5. The van der Waals surface area contributed by atoms with E-state index in [-0.39, 0.29) is 29.5 Å². The van der Waals surface area contributed by atoms with Crippen molar-refractivity contribution in [1.29, 1.82) is 0 Å². The van der Waals surface area contributed by atoms with Crippen molar-refractivity contribution in [2.24, 2.45) is 0 Å². The van der Waals surface area contributed by atoms with E-state index in [4.69, 9.17) is 9.84 Å². The molecule has 0 fully saturated rings. The molecule has 2 aromatic rings. The number of nitrogens with one attached hydrogen (secondary N) is 1. The number of benzene rings is 1. The van der Waals surface area contributed by atoms with Gasteiger partial charge in [0.2, 0.25) is 11.7 Å². The number of ether oxygens (including phenoxy) is 1. The Morgan fingerprint density at radius 2 is 2.08 bits per heavy atom. The maximum absolute atomic E-state index is 13.6. The van der Waals surface area contributed by atoms with Crippen LogP contribution in [0.4, 0.5) is 4.39 Å². The first-order chi connectivity index (χ1) is 11.2. The Labute approximate surface area is 137 Å². The molecule has 0 aliphatic heterocycles. The van der Waals surface area contributed by atoms with E-state index in [0.717, 1.165) is 0 Å². The molecule has 0 bridgehead atoms. The molecule has 8 heteroatoms. The average Bonchev–Trinajstić information content (AvgIpc) is 2.97. The Bertz CT molecular complexity index is 770. The van der Waals surface area contributed by atoms with Crippen molar-refractivity contribution in [3.8, 4) is 5.75 Å². The van der Waals surface area contributed by atoms with Gasteiger partial charge in [0.25, 0.3) is 0 Å². The first-order valence-electron chi connectivity index (χ1n) is 7.07. The summed E-state index contributed by atoms with van der Waals surface area (Å²) in [6, 6.07) is 5.51. The Morgan fingerprint density at radius 1 is 1.38 bits per heavy atom. The van der Waals surface area contributed by atoms with E-state index in [1.807, 2.05) is 0 Å². The van der Waals surface area contributed by atoms with E-state index < -0.39 is 17.3 Å².